The molecule has 3 rings (SSSR count). The third-order valence-electron chi connectivity index (χ3n) is 3.16. The van der Waals surface area contributed by atoms with E-state index in [1.165, 1.54) is 18.9 Å². The van der Waals surface area contributed by atoms with E-state index in [0.717, 1.165) is 17.7 Å². The Morgan fingerprint density at radius 2 is 2.25 bits per heavy atom. The van der Waals surface area contributed by atoms with E-state index in [9.17, 15) is 4.39 Å². The Labute approximate surface area is 93.2 Å². The van der Waals surface area contributed by atoms with E-state index in [-0.39, 0.29) is 11.9 Å². The lowest BCUT2D eigenvalue weighted by Gasteiger charge is -2.06. The Kier molecular flexibility index (Phi) is 2.21. The van der Waals surface area contributed by atoms with Gasteiger partial charge in [0.05, 0.1) is 6.04 Å². The van der Waals surface area contributed by atoms with Gasteiger partial charge in [0.2, 0.25) is 0 Å². The van der Waals surface area contributed by atoms with Crippen molar-refractivity contribution in [3.05, 3.63) is 35.8 Å². The fraction of sp³-hybridized carbons (Fsp3) is 0.385. The van der Waals surface area contributed by atoms with Crippen molar-refractivity contribution in [2.24, 2.45) is 11.7 Å². The molecule has 2 N–H and O–H groups in total. The second-order valence-electron chi connectivity index (χ2n) is 4.59. The first-order valence-corrected chi connectivity index (χ1v) is 5.67. The SMILES string of the molecule is N[C@@H](CC1CC1)c1cc2cccc(F)c2o1. The van der Waals surface area contributed by atoms with Gasteiger partial charge in [0.15, 0.2) is 11.4 Å². The summed E-state index contributed by atoms with van der Waals surface area (Å²) in [6.07, 6.45) is 3.48. The average molecular weight is 219 g/mol. The molecule has 1 aromatic heterocycles. The number of rotatable bonds is 3. The third-order valence-corrected chi connectivity index (χ3v) is 3.16. The molecule has 0 unspecified atom stereocenters. The number of para-hydroxylation sites is 1. The molecule has 3 heteroatoms. The summed E-state index contributed by atoms with van der Waals surface area (Å²) in [6.45, 7) is 0. The van der Waals surface area contributed by atoms with E-state index in [0.29, 0.717) is 11.3 Å². The topological polar surface area (TPSA) is 39.2 Å². The molecule has 2 nitrogen and oxygen atoms in total. The number of benzene rings is 1. The standard InChI is InChI=1S/C13H14FNO/c14-10-3-1-2-9-7-12(16-13(9)10)11(15)6-8-4-5-8/h1-3,7-8,11H,4-6,15H2/t11-/m0/s1. The quantitative estimate of drug-likeness (QED) is 0.859. The van der Waals surface area contributed by atoms with Crippen molar-refractivity contribution in [1.82, 2.24) is 0 Å². The van der Waals surface area contributed by atoms with E-state index in [1.54, 1.807) is 6.07 Å². The highest BCUT2D eigenvalue weighted by Crippen LogP contribution is 2.37. The molecule has 0 spiro atoms. The van der Waals surface area contributed by atoms with Crippen molar-refractivity contribution in [2.75, 3.05) is 0 Å². The van der Waals surface area contributed by atoms with Gasteiger partial charge in [-0.15, -0.1) is 0 Å². The van der Waals surface area contributed by atoms with Crippen molar-refractivity contribution in [3.8, 4) is 0 Å². The Morgan fingerprint density at radius 1 is 1.44 bits per heavy atom. The predicted octanol–water partition coefficient (Wildman–Crippen LogP) is 3.37. The van der Waals surface area contributed by atoms with Crippen LogP contribution in [0, 0.1) is 11.7 Å². The van der Waals surface area contributed by atoms with Crippen LogP contribution in [-0.4, -0.2) is 0 Å². The van der Waals surface area contributed by atoms with Crippen molar-refractivity contribution in [3.63, 3.8) is 0 Å². The fourth-order valence-corrected chi connectivity index (χ4v) is 2.06. The second kappa shape index (κ2) is 3.59. The summed E-state index contributed by atoms with van der Waals surface area (Å²) >= 11 is 0. The third kappa shape index (κ3) is 1.71. The molecular formula is C13H14FNO. The minimum absolute atomic E-state index is 0.0979. The van der Waals surface area contributed by atoms with Crippen LogP contribution < -0.4 is 5.73 Å². The number of furan rings is 1. The molecule has 16 heavy (non-hydrogen) atoms. The highest BCUT2D eigenvalue weighted by molar-refractivity contribution is 5.78. The number of halogens is 1. The summed E-state index contributed by atoms with van der Waals surface area (Å²) < 4.78 is 18.9. The highest BCUT2D eigenvalue weighted by atomic mass is 19.1. The second-order valence-corrected chi connectivity index (χ2v) is 4.59. The Morgan fingerprint density at radius 3 is 2.94 bits per heavy atom. The summed E-state index contributed by atoms with van der Waals surface area (Å²) in [5, 5.41) is 0.793. The van der Waals surface area contributed by atoms with Gasteiger partial charge in [0, 0.05) is 5.39 Å². The lowest BCUT2D eigenvalue weighted by atomic mass is 10.1. The largest absolute Gasteiger partial charge is 0.456 e. The van der Waals surface area contributed by atoms with Gasteiger partial charge in [0.1, 0.15) is 5.76 Å². The van der Waals surface area contributed by atoms with Crippen molar-refractivity contribution in [2.45, 2.75) is 25.3 Å². The Balaban J connectivity index is 1.94. The first-order chi connectivity index (χ1) is 7.74. The first-order valence-electron chi connectivity index (χ1n) is 5.67. The average Bonchev–Trinajstić information content (AvgIpc) is 2.95. The molecule has 0 radical (unpaired) electrons. The van der Waals surface area contributed by atoms with Crippen LogP contribution >= 0.6 is 0 Å². The molecule has 1 atom stereocenters. The Bertz CT molecular complexity index is 516. The van der Waals surface area contributed by atoms with Gasteiger partial charge in [-0.25, -0.2) is 4.39 Å². The lowest BCUT2D eigenvalue weighted by molar-refractivity contribution is 0.453. The number of hydrogen-bond donors (Lipinski definition) is 1. The fourth-order valence-electron chi connectivity index (χ4n) is 2.06. The summed E-state index contributed by atoms with van der Waals surface area (Å²) in [5.41, 5.74) is 6.36. The van der Waals surface area contributed by atoms with Gasteiger partial charge in [-0.3, -0.25) is 0 Å². The van der Waals surface area contributed by atoms with Gasteiger partial charge in [-0.1, -0.05) is 25.0 Å². The molecule has 1 saturated carbocycles. The van der Waals surface area contributed by atoms with Crippen LogP contribution in [0.1, 0.15) is 31.1 Å². The van der Waals surface area contributed by atoms with Gasteiger partial charge in [-0.2, -0.15) is 0 Å². The molecule has 1 heterocycles. The summed E-state index contributed by atoms with van der Waals surface area (Å²) in [5.74, 6) is 1.13. The van der Waals surface area contributed by atoms with Gasteiger partial charge >= 0.3 is 0 Å². The van der Waals surface area contributed by atoms with E-state index >= 15 is 0 Å². The van der Waals surface area contributed by atoms with Gasteiger partial charge in [0.25, 0.3) is 0 Å². The molecule has 1 aromatic carbocycles. The van der Waals surface area contributed by atoms with E-state index in [1.807, 2.05) is 12.1 Å². The van der Waals surface area contributed by atoms with Crippen molar-refractivity contribution in [1.29, 1.82) is 0 Å². The summed E-state index contributed by atoms with van der Waals surface area (Å²) in [4.78, 5) is 0. The monoisotopic (exact) mass is 219 g/mol. The van der Waals surface area contributed by atoms with Crippen LogP contribution in [0.4, 0.5) is 4.39 Å². The smallest absolute Gasteiger partial charge is 0.169 e. The number of fused-ring (bicyclic) bond motifs is 1. The number of hydrogen-bond acceptors (Lipinski definition) is 2. The maximum atomic E-state index is 13.4. The zero-order valence-electron chi connectivity index (χ0n) is 8.95. The molecule has 1 aliphatic rings. The maximum Gasteiger partial charge on any atom is 0.169 e. The molecule has 1 aliphatic carbocycles. The van der Waals surface area contributed by atoms with Crippen LogP contribution in [0.2, 0.25) is 0 Å². The molecule has 2 aromatic rings. The lowest BCUT2D eigenvalue weighted by Crippen LogP contribution is -2.09. The molecule has 84 valence electrons. The normalized spacial score (nSPS) is 17.9. The summed E-state index contributed by atoms with van der Waals surface area (Å²) in [6, 6.07) is 6.69. The minimum Gasteiger partial charge on any atom is -0.456 e. The molecule has 0 bridgehead atoms. The molecular weight excluding hydrogens is 205 g/mol. The highest BCUT2D eigenvalue weighted by Gasteiger charge is 2.26. The first kappa shape index (κ1) is 9.85. The number of nitrogens with two attached hydrogens (primary N) is 1. The van der Waals surface area contributed by atoms with Gasteiger partial charge in [-0.05, 0) is 24.5 Å². The van der Waals surface area contributed by atoms with Crippen LogP contribution in [0.3, 0.4) is 0 Å². The van der Waals surface area contributed by atoms with Crippen LogP contribution in [-0.2, 0) is 0 Å². The van der Waals surface area contributed by atoms with E-state index in [4.69, 9.17) is 10.2 Å². The maximum absolute atomic E-state index is 13.4. The minimum atomic E-state index is -0.317. The van der Waals surface area contributed by atoms with Crippen LogP contribution in [0.15, 0.2) is 28.7 Å². The van der Waals surface area contributed by atoms with Crippen LogP contribution in [0.5, 0.6) is 0 Å². The molecule has 0 amide bonds. The zero-order chi connectivity index (χ0) is 11.1. The van der Waals surface area contributed by atoms with Gasteiger partial charge < -0.3 is 10.2 Å². The van der Waals surface area contributed by atoms with E-state index in [2.05, 4.69) is 0 Å². The molecule has 1 fully saturated rings. The van der Waals surface area contributed by atoms with E-state index < -0.39 is 0 Å². The summed E-state index contributed by atoms with van der Waals surface area (Å²) in [7, 11) is 0. The van der Waals surface area contributed by atoms with Crippen molar-refractivity contribution >= 4 is 11.0 Å². The molecule has 0 aliphatic heterocycles. The van der Waals surface area contributed by atoms with Crippen LogP contribution in [0.25, 0.3) is 11.0 Å². The predicted molar refractivity (Wildman–Crippen MR) is 60.4 cm³/mol. The van der Waals surface area contributed by atoms with Crippen molar-refractivity contribution < 1.29 is 8.81 Å². The zero-order valence-corrected chi connectivity index (χ0v) is 8.95. The molecule has 0 saturated heterocycles. The Hall–Kier alpha value is -1.35.